The van der Waals surface area contributed by atoms with E-state index in [1.54, 1.807) is 21.2 Å². The molecule has 0 fully saturated rings. The summed E-state index contributed by atoms with van der Waals surface area (Å²) in [7, 11) is 4.97. The van der Waals surface area contributed by atoms with Gasteiger partial charge in [-0.05, 0) is 19.1 Å². The van der Waals surface area contributed by atoms with E-state index in [0.29, 0.717) is 25.4 Å². The molecule has 0 aliphatic carbocycles. The molecule has 0 aromatic heterocycles. The van der Waals surface area contributed by atoms with E-state index in [4.69, 9.17) is 4.74 Å². The molecule has 2 amide bonds. The van der Waals surface area contributed by atoms with E-state index in [1.165, 1.54) is 4.90 Å². The number of urea groups is 1. The summed E-state index contributed by atoms with van der Waals surface area (Å²) in [6.07, 6.45) is -0.649. The molecule has 21 heavy (non-hydrogen) atoms. The highest BCUT2D eigenvalue weighted by Crippen LogP contribution is 2.25. The molecule has 3 N–H and O–H groups in total. The van der Waals surface area contributed by atoms with Crippen molar-refractivity contribution in [1.82, 2.24) is 15.5 Å². The Bertz CT molecular complexity index is 463. The Morgan fingerprint density at radius 2 is 2.10 bits per heavy atom. The van der Waals surface area contributed by atoms with Gasteiger partial charge in [0, 0.05) is 39.3 Å². The van der Waals surface area contributed by atoms with Crippen LogP contribution in [0.25, 0.3) is 0 Å². The summed E-state index contributed by atoms with van der Waals surface area (Å²) >= 11 is 0. The highest BCUT2D eigenvalue weighted by atomic mass is 16.5. The Morgan fingerprint density at radius 3 is 2.71 bits per heavy atom. The van der Waals surface area contributed by atoms with E-state index < -0.39 is 6.10 Å². The Morgan fingerprint density at radius 1 is 1.38 bits per heavy atom. The van der Waals surface area contributed by atoms with Crippen LogP contribution < -0.4 is 15.4 Å². The van der Waals surface area contributed by atoms with Gasteiger partial charge in [-0.2, -0.15) is 0 Å². The largest absolute Gasteiger partial charge is 0.496 e. The second-order valence-electron chi connectivity index (χ2n) is 5.09. The van der Waals surface area contributed by atoms with Crippen LogP contribution in [0.4, 0.5) is 4.79 Å². The SMILES string of the molecule is COc1ccc(C)cc1C(O)CNCCNC(=O)N(C)C. The Labute approximate surface area is 126 Å². The lowest BCUT2D eigenvalue weighted by Crippen LogP contribution is -2.39. The molecule has 1 unspecified atom stereocenters. The van der Waals surface area contributed by atoms with Gasteiger partial charge in [0.15, 0.2) is 0 Å². The number of hydrogen-bond donors (Lipinski definition) is 3. The molecule has 0 saturated heterocycles. The first-order chi connectivity index (χ1) is 9.95. The topological polar surface area (TPSA) is 73.8 Å². The first-order valence-corrected chi connectivity index (χ1v) is 6.94. The maximum atomic E-state index is 11.3. The number of methoxy groups -OCH3 is 1. The van der Waals surface area contributed by atoms with Crippen LogP contribution in [0.1, 0.15) is 17.2 Å². The monoisotopic (exact) mass is 295 g/mol. The van der Waals surface area contributed by atoms with Crippen LogP contribution in [0.3, 0.4) is 0 Å². The third kappa shape index (κ3) is 5.61. The van der Waals surface area contributed by atoms with Crippen LogP contribution >= 0.6 is 0 Å². The Balaban J connectivity index is 2.39. The zero-order chi connectivity index (χ0) is 15.8. The van der Waals surface area contributed by atoms with Crippen molar-refractivity contribution in [2.24, 2.45) is 0 Å². The molecule has 6 heteroatoms. The predicted octanol–water partition coefficient (Wildman–Crippen LogP) is 0.898. The lowest BCUT2D eigenvalue weighted by Gasteiger charge is -2.17. The molecule has 0 bridgehead atoms. The number of aryl methyl sites for hydroxylation is 1. The van der Waals surface area contributed by atoms with Gasteiger partial charge in [0.2, 0.25) is 0 Å². The summed E-state index contributed by atoms with van der Waals surface area (Å²) in [6, 6.07) is 5.58. The number of carbonyl (C=O) groups is 1. The van der Waals surface area contributed by atoms with Crippen molar-refractivity contribution in [3.05, 3.63) is 29.3 Å². The Hall–Kier alpha value is -1.79. The second-order valence-corrected chi connectivity index (χ2v) is 5.09. The van der Waals surface area contributed by atoms with Gasteiger partial charge in [0.1, 0.15) is 5.75 Å². The highest BCUT2D eigenvalue weighted by Gasteiger charge is 2.13. The second kappa shape index (κ2) is 8.49. The first-order valence-electron chi connectivity index (χ1n) is 6.94. The molecular weight excluding hydrogens is 270 g/mol. The average Bonchev–Trinajstić information content (AvgIpc) is 2.46. The van der Waals surface area contributed by atoms with Gasteiger partial charge in [-0.15, -0.1) is 0 Å². The predicted molar refractivity (Wildman–Crippen MR) is 82.6 cm³/mol. The van der Waals surface area contributed by atoms with Crippen molar-refractivity contribution in [3.8, 4) is 5.75 Å². The van der Waals surface area contributed by atoms with Crippen LogP contribution in [0.15, 0.2) is 18.2 Å². The molecule has 1 aromatic carbocycles. The summed E-state index contributed by atoms with van der Waals surface area (Å²) in [5.41, 5.74) is 1.84. The van der Waals surface area contributed by atoms with Crippen molar-refractivity contribution >= 4 is 6.03 Å². The number of ether oxygens (including phenoxy) is 1. The number of aliphatic hydroxyl groups is 1. The van der Waals surface area contributed by atoms with Gasteiger partial charge < -0.3 is 25.4 Å². The van der Waals surface area contributed by atoms with E-state index in [9.17, 15) is 9.90 Å². The molecule has 6 nitrogen and oxygen atoms in total. The molecule has 1 aromatic rings. The standard InChI is InChI=1S/C15H25N3O3/c1-11-5-6-14(21-4)12(9-11)13(19)10-16-7-8-17-15(20)18(2)3/h5-6,9,13,16,19H,7-8,10H2,1-4H3,(H,17,20). The summed E-state index contributed by atoms with van der Waals surface area (Å²) < 4.78 is 5.26. The summed E-state index contributed by atoms with van der Waals surface area (Å²) in [4.78, 5) is 12.8. The number of nitrogens with zero attached hydrogens (tertiary/aromatic N) is 1. The number of amides is 2. The van der Waals surface area contributed by atoms with Gasteiger partial charge in [-0.3, -0.25) is 0 Å². The zero-order valence-electron chi connectivity index (χ0n) is 13.1. The Kier molecular flexibility index (Phi) is 6.98. The van der Waals surface area contributed by atoms with Crippen molar-refractivity contribution in [1.29, 1.82) is 0 Å². The van der Waals surface area contributed by atoms with Crippen LogP contribution in [-0.2, 0) is 0 Å². The van der Waals surface area contributed by atoms with E-state index in [2.05, 4.69) is 10.6 Å². The minimum Gasteiger partial charge on any atom is -0.496 e. The van der Waals surface area contributed by atoms with Crippen LogP contribution in [-0.4, -0.2) is 56.9 Å². The third-order valence-electron chi connectivity index (χ3n) is 3.07. The van der Waals surface area contributed by atoms with Gasteiger partial charge in [0.25, 0.3) is 0 Å². The summed E-state index contributed by atoms with van der Waals surface area (Å²) in [6.45, 7) is 3.47. The van der Waals surface area contributed by atoms with Crippen molar-refractivity contribution in [3.63, 3.8) is 0 Å². The maximum absolute atomic E-state index is 11.3. The molecule has 1 rings (SSSR count). The normalized spacial score (nSPS) is 11.9. The fourth-order valence-corrected chi connectivity index (χ4v) is 1.88. The molecule has 0 aliphatic rings. The molecule has 0 saturated carbocycles. The van der Waals surface area contributed by atoms with Crippen LogP contribution in [0.5, 0.6) is 5.75 Å². The van der Waals surface area contributed by atoms with Crippen molar-refractivity contribution < 1.29 is 14.6 Å². The number of nitrogens with one attached hydrogen (secondary N) is 2. The van der Waals surface area contributed by atoms with E-state index in [1.807, 2.05) is 25.1 Å². The van der Waals surface area contributed by atoms with Gasteiger partial charge in [0.05, 0.1) is 13.2 Å². The number of aliphatic hydroxyl groups excluding tert-OH is 1. The highest BCUT2D eigenvalue weighted by molar-refractivity contribution is 5.73. The van der Waals surface area contributed by atoms with Gasteiger partial charge >= 0.3 is 6.03 Å². The van der Waals surface area contributed by atoms with Gasteiger partial charge in [-0.1, -0.05) is 11.6 Å². The molecule has 0 aliphatic heterocycles. The number of carbonyl (C=O) groups excluding carboxylic acids is 1. The lowest BCUT2D eigenvalue weighted by molar-refractivity contribution is 0.170. The number of hydrogen-bond acceptors (Lipinski definition) is 4. The van der Waals surface area contributed by atoms with E-state index in [-0.39, 0.29) is 6.03 Å². The minimum atomic E-state index is -0.649. The molecule has 0 heterocycles. The molecule has 1 atom stereocenters. The smallest absolute Gasteiger partial charge is 0.316 e. The fraction of sp³-hybridized carbons (Fsp3) is 0.533. The first kappa shape index (κ1) is 17.3. The minimum absolute atomic E-state index is 0.127. The van der Waals surface area contributed by atoms with Crippen LogP contribution in [0.2, 0.25) is 0 Å². The zero-order valence-corrected chi connectivity index (χ0v) is 13.1. The van der Waals surface area contributed by atoms with Crippen molar-refractivity contribution in [2.45, 2.75) is 13.0 Å². The average molecular weight is 295 g/mol. The van der Waals surface area contributed by atoms with Crippen LogP contribution in [0, 0.1) is 6.92 Å². The maximum Gasteiger partial charge on any atom is 0.316 e. The summed E-state index contributed by atoms with van der Waals surface area (Å²) in [5.74, 6) is 0.677. The van der Waals surface area contributed by atoms with E-state index in [0.717, 1.165) is 11.1 Å². The third-order valence-corrected chi connectivity index (χ3v) is 3.07. The quantitative estimate of drug-likeness (QED) is 0.653. The number of rotatable bonds is 7. The molecule has 118 valence electrons. The fourth-order valence-electron chi connectivity index (χ4n) is 1.88. The summed E-state index contributed by atoms with van der Waals surface area (Å²) in [5, 5.41) is 16.1. The number of benzene rings is 1. The lowest BCUT2D eigenvalue weighted by atomic mass is 10.1. The molecule has 0 radical (unpaired) electrons. The van der Waals surface area contributed by atoms with E-state index >= 15 is 0 Å². The molecule has 0 spiro atoms. The van der Waals surface area contributed by atoms with Crippen molar-refractivity contribution in [2.75, 3.05) is 40.8 Å². The van der Waals surface area contributed by atoms with Gasteiger partial charge in [-0.25, -0.2) is 4.79 Å². The molecular formula is C15H25N3O3.